The smallest absolute Gasteiger partial charge is 0.318 e. The first-order chi connectivity index (χ1) is 23.1. The van der Waals surface area contributed by atoms with Gasteiger partial charge in [0.15, 0.2) is 0 Å². The van der Waals surface area contributed by atoms with E-state index in [1.165, 1.54) is 18.4 Å². The average molecular weight is 657 g/mol. The molecule has 11 nitrogen and oxygen atoms in total. The van der Waals surface area contributed by atoms with E-state index >= 15 is 0 Å². The zero-order valence-electron chi connectivity index (χ0n) is 29.1. The fourth-order valence-electron chi connectivity index (χ4n) is 8.65. The van der Waals surface area contributed by atoms with Gasteiger partial charge in [0.25, 0.3) is 5.56 Å². The molecule has 1 aliphatic carbocycles. The minimum atomic E-state index is -0.671. The molecular formula is C37H52N8O3. The van der Waals surface area contributed by atoms with Crippen LogP contribution in [-0.2, 0) is 23.1 Å². The molecule has 0 spiro atoms. The number of nitrogens with one attached hydrogen (secondary N) is 3. The molecule has 3 fully saturated rings. The first-order valence-corrected chi connectivity index (χ1v) is 18.0. The van der Waals surface area contributed by atoms with Gasteiger partial charge < -0.3 is 25.0 Å². The Kier molecular flexibility index (Phi) is 9.10. The molecule has 3 aromatic rings. The Bertz CT molecular complexity index is 1700. The summed E-state index contributed by atoms with van der Waals surface area (Å²) in [6.45, 7) is 13.0. The Morgan fingerprint density at radius 1 is 0.979 bits per heavy atom. The predicted molar refractivity (Wildman–Crippen MR) is 187 cm³/mol. The van der Waals surface area contributed by atoms with E-state index < -0.39 is 6.04 Å². The van der Waals surface area contributed by atoms with Crippen LogP contribution in [0.5, 0.6) is 0 Å². The molecule has 0 unspecified atom stereocenters. The van der Waals surface area contributed by atoms with Gasteiger partial charge in [0.05, 0.1) is 11.7 Å². The molecule has 11 heteroatoms. The lowest BCUT2D eigenvalue weighted by Gasteiger charge is -2.43. The maximum Gasteiger partial charge on any atom is 0.318 e. The number of piperazine rings is 1. The molecule has 0 bridgehead atoms. The van der Waals surface area contributed by atoms with Gasteiger partial charge in [-0.1, -0.05) is 19.9 Å². The van der Waals surface area contributed by atoms with E-state index in [1.807, 2.05) is 16.7 Å². The fraction of sp³-hybridized carbons (Fsp3) is 0.622. The van der Waals surface area contributed by atoms with Crippen molar-refractivity contribution in [2.75, 3.05) is 59.4 Å². The van der Waals surface area contributed by atoms with Crippen molar-refractivity contribution < 1.29 is 9.59 Å². The minimum Gasteiger partial charge on any atom is -0.338 e. The van der Waals surface area contributed by atoms with Gasteiger partial charge >= 0.3 is 6.03 Å². The number of aromatic amines is 2. The molecule has 4 aliphatic rings. The molecule has 0 radical (unpaired) electrons. The van der Waals surface area contributed by atoms with Crippen LogP contribution in [-0.4, -0.2) is 118 Å². The van der Waals surface area contributed by atoms with Crippen LogP contribution in [0.1, 0.15) is 79.8 Å². The van der Waals surface area contributed by atoms with Gasteiger partial charge in [-0.2, -0.15) is 5.10 Å². The SMILES string of the molecule is Cc1cc(C[C@@H](NC(=O)N2CCC(c3cc4c([nH]c3=O)CCC4(C)C)CC2)C(=O)N2CCN(C3CCN(C)CC3)CC2)cc2cn[nH]c12. The van der Waals surface area contributed by atoms with Gasteiger partial charge in [0.2, 0.25) is 5.91 Å². The molecule has 48 heavy (non-hydrogen) atoms. The normalized spacial score (nSPS) is 21.8. The molecule has 258 valence electrons. The van der Waals surface area contributed by atoms with E-state index in [-0.39, 0.29) is 28.8 Å². The fourth-order valence-corrected chi connectivity index (χ4v) is 8.65. The summed E-state index contributed by atoms with van der Waals surface area (Å²) in [5.41, 5.74) is 6.32. The Labute approximate surface area is 283 Å². The van der Waals surface area contributed by atoms with Crippen molar-refractivity contribution in [3.8, 4) is 0 Å². The highest BCUT2D eigenvalue weighted by atomic mass is 16.2. The monoisotopic (exact) mass is 656 g/mol. The number of piperidine rings is 2. The number of hydrogen-bond donors (Lipinski definition) is 3. The van der Waals surface area contributed by atoms with Crippen molar-refractivity contribution in [3.05, 3.63) is 62.7 Å². The lowest BCUT2D eigenvalue weighted by Crippen LogP contribution is -2.59. The Morgan fingerprint density at radius 3 is 2.44 bits per heavy atom. The van der Waals surface area contributed by atoms with E-state index in [2.05, 4.69) is 69.4 Å². The average Bonchev–Trinajstić information content (AvgIpc) is 3.68. The number of aromatic nitrogens is 3. The molecule has 5 heterocycles. The van der Waals surface area contributed by atoms with Crippen molar-refractivity contribution in [2.45, 2.75) is 89.1 Å². The molecule has 7 rings (SSSR count). The van der Waals surface area contributed by atoms with Gasteiger partial charge in [-0.15, -0.1) is 0 Å². The van der Waals surface area contributed by atoms with Crippen molar-refractivity contribution in [3.63, 3.8) is 0 Å². The summed E-state index contributed by atoms with van der Waals surface area (Å²) >= 11 is 0. The largest absolute Gasteiger partial charge is 0.338 e. The second-order valence-electron chi connectivity index (χ2n) is 15.4. The van der Waals surface area contributed by atoms with Gasteiger partial charge in [0.1, 0.15) is 6.04 Å². The van der Waals surface area contributed by atoms with Gasteiger partial charge in [-0.05, 0) is 106 Å². The second-order valence-corrected chi connectivity index (χ2v) is 15.4. The number of carbonyl (C=O) groups excluding carboxylic acids is 2. The van der Waals surface area contributed by atoms with E-state index in [1.54, 1.807) is 6.20 Å². The Balaban J connectivity index is 1.03. The van der Waals surface area contributed by atoms with Crippen LogP contribution in [0.25, 0.3) is 10.9 Å². The number of likely N-dealkylation sites (tertiary alicyclic amines) is 2. The lowest BCUT2D eigenvalue weighted by molar-refractivity contribution is -0.135. The van der Waals surface area contributed by atoms with Gasteiger partial charge in [-0.25, -0.2) is 4.79 Å². The Morgan fingerprint density at radius 2 is 1.71 bits per heavy atom. The number of rotatable bonds is 6. The van der Waals surface area contributed by atoms with Gasteiger partial charge in [-0.3, -0.25) is 19.6 Å². The summed E-state index contributed by atoms with van der Waals surface area (Å²) in [5.74, 6) is 0.0981. The summed E-state index contributed by atoms with van der Waals surface area (Å²) in [4.78, 5) is 52.9. The van der Waals surface area contributed by atoms with E-state index in [4.69, 9.17) is 0 Å². The molecular weight excluding hydrogens is 604 g/mol. The van der Waals surface area contributed by atoms with Gasteiger partial charge in [0, 0.05) is 68.4 Å². The third-order valence-corrected chi connectivity index (χ3v) is 11.8. The second kappa shape index (κ2) is 13.3. The van der Waals surface area contributed by atoms with E-state index in [0.717, 1.165) is 85.1 Å². The van der Waals surface area contributed by atoms with Crippen molar-refractivity contribution in [2.24, 2.45) is 0 Å². The number of amides is 3. The lowest BCUT2D eigenvalue weighted by atomic mass is 9.83. The third kappa shape index (κ3) is 6.63. The zero-order valence-corrected chi connectivity index (χ0v) is 29.1. The summed E-state index contributed by atoms with van der Waals surface area (Å²) in [7, 11) is 2.19. The van der Waals surface area contributed by atoms with Crippen LogP contribution in [0.4, 0.5) is 4.79 Å². The first kappa shape index (κ1) is 32.8. The van der Waals surface area contributed by atoms with Crippen LogP contribution in [0.3, 0.4) is 0 Å². The van der Waals surface area contributed by atoms with E-state index in [0.29, 0.717) is 38.6 Å². The molecule has 3 aliphatic heterocycles. The summed E-state index contributed by atoms with van der Waals surface area (Å²) in [5, 5.41) is 11.4. The van der Waals surface area contributed by atoms with Crippen LogP contribution in [0.15, 0.2) is 29.2 Å². The maximum absolute atomic E-state index is 14.2. The number of aryl methyl sites for hydroxylation is 2. The van der Waals surface area contributed by atoms with Crippen molar-refractivity contribution in [1.82, 2.24) is 40.1 Å². The number of H-pyrrole nitrogens is 2. The van der Waals surface area contributed by atoms with Crippen molar-refractivity contribution >= 4 is 22.8 Å². The standard InChI is InChI=1S/C37H52N8O3/c1-24-19-25(20-27-23-38-41-33(24)27)21-32(35(47)44-17-15-43(16-18-44)28-8-11-42(4)12-9-28)40-36(48)45-13-6-26(7-14-45)29-22-30-31(39-34(29)46)5-10-37(30,2)3/h19-20,22-23,26,28,32H,5-18,21H2,1-4H3,(H,38,41)(H,39,46)(H,40,48)/t32-/m1/s1. The molecule has 0 saturated carbocycles. The first-order valence-electron chi connectivity index (χ1n) is 18.0. The van der Waals surface area contributed by atoms with Crippen LogP contribution in [0, 0.1) is 6.92 Å². The molecule has 3 N–H and O–H groups in total. The third-order valence-electron chi connectivity index (χ3n) is 11.8. The van der Waals surface area contributed by atoms with Crippen LogP contribution >= 0.6 is 0 Å². The van der Waals surface area contributed by atoms with E-state index in [9.17, 15) is 14.4 Å². The highest BCUT2D eigenvalue weighted by Crippen LogP contribution is 2.38. The molecule has 1 atom stereocenters. The maximum atomic E-state index is 14.2. The predicted octanol–water partition coefficient (Wildman–Crippen LogP) is 3.52. The summed E-state index contributed by atoms with van der Waals surface area (Å²) in [6, 6.07) is 6.00. The molecule has 1 aromatic carbocycles. The molecule has 2 aromatic heterocycles. The number of pyridine rings is 1. The summed E-state index contributed by atoms with van der Waals surface area (Å²) in [6.07, 6.45) is 7.99. The number of fused-ring (bicyclic) bond motifs is 2. The molecule has 3 saturated heterocycles. The van der Waals surface area contributed by atoms with Crippen LogP contribution in [0.2, 0.25) is 0 Å². The minimum absolute atomic E-state index is 0.0146. The highest BCUT2D eigenvalue weighted by molar-refractivity contribution is 5.88. The van der Waals surface area contributed by atoms with Crippen LogP contribution < -0.4 is 10.9 Å². The molecule has 3 amide bonds. The number of urea groups is 1. The Hall–Kier alpha value is -3.70. The number of benzene rings is 1. The quantitative estimate of drug-likeness (QED) is 0.374. The number of nitrogens with zero attached hydrogens (tertiary/aromatic N) is 5. The topological polar surface area (TPSA) is 121 Å². The number of hydrogen-bond acceptors (Lipinski definition) is 6. The summed E-state index contributed by atoms with van der Waals surface area (Å²) < 4.78 is 0. The van der Waals surface area contributed by atoms with Crippen molar-refractivity contribution in [1.29, 1.82) is 0 Å². The number of carbonyl (C=O) groups is 2. The highest BCUT2D eigenvalue weighted by Gasteiger charge is 2.35. The zero-order chi connectivity index (χ0) is 33.6.